The second kappa shape index (κ2) is 3.90. The molecule has 0 amide bonds. The summed E-state index contributed by atoms with van der Waals surface area (Å²) in [6, 6.07) is 4.58. The van der Waals surface area contributed by atoms with Gasteiger partial charge in [0.2, 0.25) is 0 Å². The first kappa shape index (κ1) is 9.98. The molecule has 3 nitrogen and oxygen atoms in total. The van der Waals surface area contributed by atoms with Crippen molar-refractivity contribution in [3.8, 4) is 11.4 Å². The van der Waals surface area contributed by atoms with Crippen LogP contribution in [-0.4, -0.2) is 15.2 Å². The molecule has 2 rings (SSSR count). The fraction of sp³-hybridized carbons (Fsp3) is 0.100. The second-order valence-electron chi connectivity index (χ2n) is 3.06. The van der Waals surface area contributed by atoms with Gasteiger partial charge in [0, 0.05) is 0 Å². The van der Waals surface area contributed by atoms with Crippen LogP contribution in [0.15, 0.2) is 24.4 Å². The first-order valence-electron chi connectivity index (χ1n) is 4.28. The molecule has 15 heavy (non-hydrogen) atoms. The maximum absolute atomic E-state index is 12.6. The fourth-order valence-corrected chi connectivity index (χ4v) is 1.42. The molecule has 2 aromatic heterocycles. The van der Waals surface area contributed by atoms with E-state index >= 15 is 0 Å². The van der Waals surface area contributed by atoms with Crippen LogP contribution in [0.3, 0.4) is 0 Å². The van der Waals surface area contributed by atoms with Crippen LogP contribution in [0.4, 0.5) is 4.39 Å². The summed E-state index contributed by atoms with van der Waals surface area (Å²) in [7, 11) is 0. The third-order valence-electron chi connectivity index (χ3n) is 1.92. The lowest BCUT2D eigenvalue weighted by molar-refractivity contribution is 0.621. The van der Waals surface area contributed by atoms with Crippen molar-refractivity contribution >= 4 is 11.6 Å². The molecule has 0 fully saturated rings. The Morgan fingerprint density at radius 1 is 1.27 bits per heavy atom. The van der Waals surface area contributed by atoms with Gasteiger partial charge in [-0.05, 0) is 30.7 Å². The Morgan fingerprint density at radius 3 is 2.67 bits per heavy atom. The van der Waals surface area contributed by atoms with E-state index in [0.717, 1.165) is 11.8 Å². The van der Waals surface area contributed by atoms with Crippen molar-refractivity contribution in [3.05, 3.63) is 40.9 Å². The highest BCUT2D eigenvalue weighted by Gasteiger charge is 2.06. The SMILES string of the molecule is Cc1cc(Cl)nnc1-c1ccc(F)cn1. The highest BCUT2D eigenvalue weighted by molar-refractivity contribution is 6.29. The lowest BCUT2D eigenvalue weighted by Gasteiger charge is -2.02. The zero-order chi connectivity index (χ0) is 10.8. The smallest absolute Gasteiger partial charge is 0.152 e. The van der Waals surface area contributed by atoms with Gasteiger partial charge in [-0.2, -0.15) is 0 Å². The van der Waals surface area contributed by atoms with E-state index in [9.17, 15) is 4.39 Å². The maximum Gasteiger partial charge on any atom is 0.152 e. The van der Waals surface area contributed by atoms with Crippen molar-refractivity contribution in [1.82, 2.24) is 15.2 Å². The van der Waals surface area contributed by atoms with E-state index in [4.69, 9.17) is 11.6 Å². The average Bonchev–Trinajstić information content (AvgIpc) is 2.20. The first-order valence-corrected chi connectivity index (χ1v) is 4.66. The van der Waals surface area contributed by atoms with E-state index in [1.807, 2.05) is 6.92 Å². The number of nitrogens with zero attached hydrogens (tertiary/aromatic N) is 3. The van der Waals surface area contributed by atoms with Crippen molar-refractivity contribution in [2.75, 3.05) is 0 Å². The Morgan fingerprint density at radius 2 is 2.07 bits per heavy atom. The van der Waals surface area contributed by atoms with Gasteiger partial charge >= 0.3 is 0 Å². The van der Waals surface area contributed by atoms with Crippen LogP contribution in [0.1, 0.15) is 5.56 Å². The van der Waals surface area contributed by atoms with Crippen molar-refractivity contribution < 1.29 is 4.39 Å². The predicted octanol–water partition coefficient (Wildman–Crippen LogP) is 2.64. The molecule has 2 aromatic rings. The number of aryl methyl sites for hydroxylation is 1. The van der Waals surface area contributed by atoms with Gasteiger partial charge in [-0.15, -0.1) is 10.2 Å². The van der Waals surface area contributed by atoms with Gasteiger partial charge in [-0.25, -0.2) is 4.39 Å². The fourth-order valence-electron chi connectivity index (χ4n) is 1.22. The number of hydrogen-bond donors (Lipinski definition) is 0. The van der Waals surface area contributed by atoms with Crippen LogP contribution in [-0.2, 0) is 0 Å². The summed E-state index contributed by atoms with van der Waals surface area (Å²) in [6.45, 7) is 1.85. The van der Waals surface area contributed by atoms with Gasteiger partial charge < -0.3 is 0 Å². The molecule has 0 aliphatic heterocycles. The van der Waals surface area contributed by atoms with E-state index in [0.29, 0.717) is 16.5 Å². The summed E-state index contributed by atoms with van der Waals surface area (Å²) in [5, 5.41) is 7.96. The van der Waals surface area contributed by atoms with E-state index < -0.39 is 0 Å². The van der Waals surface area contributed by atoms with E-state index in [1.165, 1.54) is 6.07 Å². The molecule has 0 spiro atoms. The van der Waals surface area contributed by atoms with Crippen LogP contribution in [0, 0.1) is 12.7 Å². The van der Waals surface area contributed by atoms with Crippen molar-refractivity contribution in [3.63, 3.8) is 0 Å². The summed E-state index contributed by atoms with van der Waals surface area (Å²) in [5.74, 6) is -0.377. The van der Waals surface area contributed by atoms with Crippen LogP contribution in [0.25, 0.3) is 11.4 Å². The number of rotatable bonds is 1. The Kier molecular flexibility index (Phi) is 2.60. The van der Waals surface area contributed by atoms with Gasteiger partial charge in [0.25, 0.3) is 0 Å². The minimum atomic E-state index is -0.377. The lowest BCUT2D eigenvalue weighted by Crippen LogP contribution is -1.94. The monoisotopic (exact) mass is 223 g/mol. The molecule has 0 N–H and O–H groups in total. The highest BCUT2D eigenvalue weighted by atomic mass is 35.5. The highest BCUT2D eigenvalue weighted by Crippen LogP contribution is 2.19. The average molecular weight is 224 g/mol. The lowest BCUT2D eigenvalue weighted by atomic mass is 10.2. The maximum atomic E-state index is 12.6. The van der Waals surface area contributed by atoms with Crippen molar-refractivity contribution in [2.24, 2.45) is 0 Å². The molecule has 0 bridgehead atoms. The molecular weight excluding hydrogens is 217 g/mol. The first-order chi connectivity index (χ1) is 7.16. The normalized spacial score (nSPS) is 10.3. The Hall–Kier alpha value is -1.55. The zero-order valence-electron chi connectivity index (χ0n) is 7.91. The Labute approximate surface area is 90.9 Å². The van der Waals surface area contributed by atoms with Crippen LogP contribution in [0.2, 0.25) is 5.15 Å². The van der Waals surface area contributed by atoms with Crippen molar-refractivity contribution in [1.29, 1.82) is 0 Å². The molecule has 0 unspecified atom stereocenters. The number of aromatic nitrogens is 3. The summed E-state index contributed by atoms with van der Waals surface area (Å²) in [5.41, 5.74) is 2.05. The minimum absolute atomic E-state index is 0.332. The Bertz CT molecular complexity index is 485. The molecule has 0 aliphatic rings. The van der Waals surface area contributed by atoms with Gasteiger partial charge in [0.15, 0.2) is 5.15 Å². The third kappa shape index (κ3) is 2.10. The van der Waals surface area contributed by atoms with E-state index in [1.54, 1.807) is 12.1 Å². The molecule has 76 valence electrons. The Balaban J connectivity index is 2.49. The molecule has 0 aliphatic carbocycles. The molecule has 5 heteroatoms. The quantitative estimate of drug-likeness (QED) is 0.746. The summed E-state index contributed by atoms with van der Waals surface area (Å²) in [4.78, 5) is 3.92. The molecule has 0 aromatic carbocycles. The van der Waals surface area contributed by atoms with Crippen LogP contribution in [0.5, 0.6) is 0 Å². The van der Waals surface area contributed by atoms with E-state index in [-0.39, 0.29) is 5.82 Å². The van der Waals surface area contributed by atoms with Gasteiger partial charge in [-0.1, -0.05) is 11.6 Å². The standard InChI is InChI=1S/C10H7ClFN3/c1-6-4-9(11)14-15-10(6)8-3-2-7(12)5-13-8/h2-5H,1H3. The number of pyridine rings is 1. The summed E-state index contributed by atoms with van der Waals surface area (Å²) < 4.78 is 12.6. The topological polar surface area (TPSA) is 38.7 Å². The summed E-state index contributed by atoms with van der Waals surface area (Å²) >= 11 is 5.68. The molecule has 0 saturated carbocycles. The number of hydrogen-bond acceptors (Lipinski definition) is 3. The minimum Gasteiger partial charge on any atom is -0.251 e. The number of halogens is 2. The predicted molar refractivity (Wildman–Crippen MR) is 55.0 cm³/mol. The molecule has 2 heterocycles. The van der Waals surface area contributed by atoms with E-state index in [2.05, 4.69) is 15.2 Å². The van der Waals surface area contributed by atoms with Gasteiger partial charge in [-0.3, -0.25) is 4.98 Å². The summed E-state index contributed by atoms with van der Waals surface area (Å²) in [6.07, 6.45) is 1.14. The zero-order valence-corrected chi connectivity index (χ0v) is 8.66. The van der Waals surface area contributed by atoms with Crippen LogP contribution < -0.4 is 0 Å². The molecule has 0 atom stereocenters. The van der Waals surface area contributed by atoms with Gasteiger partial charge in [0.1, 0.15) is 11.5 Å². The molecule has 0 saturated heterocycles. The van der Waals surface area contributed by atoms with Crippen LogP contribution >= 0.6 is 11.6 Å². The molecule has 0 radical (unpaired) electrons. The largest absolute Gasteiger partial charge is 0.251 e. The second-order valence-corrected chi connectivity index (χ2v) is 3.45. The van der Waals surface area contributed by atoms with Crippen molar-refractivity contribution in [2.45, 2.75) is 6.92 Å². The molecular formula is C10H7ClFN3. The third-order valence-corrected chi connectivity index (χ3v) is 2.11. The van der Waals surface area contributed by atoms with Gasteiger partial charge in [0.05, 0.1) is 11.9 Å².